The lowest BCUT2D eigenvalue weighted by atomic mass is 10.4. The highest BCUT2D eigenvalue weighted by Gasteiger charge is 2.23. The number of ether oxygens (including phenoxy) is 1. The van der Waals surface area contributed by atoms with Gasteiger partial charge in [-0.15, -0.1) is 0 Å². The Hall–Kier alpha value is -1.80. The topological polar surface area (TPSA) is 91.0 Å². The molecule has 0 atom stereocenters. The number of rotatable bonds is 3. The number of hydrogen-bond donors (Lipinski definition) is 0. The molecule has 0 aliphatic rings. The summed E-state index contributed by atoms with van der Waals surface area (Å²) < 4.78 is 5.93. The molecule has 0 radical (unpaired) electrons. The standard InChI is InChI=1S/C9H4BrClN4O3/c10-5-1-6(3-12-2-5)18-9-7(15(16)17)8(11)13-4-14-9/h1-4H. The van der Waals surface area contributed by atoms with Gasteiger partial charge in [-0.05, 0) is 22.0 Å². The second-order valence-corrected chi connectivity index (χ2v) is 4.29. The van der Waals surface area contributed by atoms with Crippen molar-refractivity contribution in [3.8, 4) is 11.6 Å². The molecule has 0 saturated carbocycles. The Morgan fingerprint density at radius 2 is 2.17 bits per heavy atom. The molecule has 0 unspecified atom stereocenters. The first-order chi connectivity index (χ1) is 8.58. The van der Waals surface area contributed by atoms with Crippen LogP contribution in [0.1, 0.15) is 0 Å². The van der Waals surface area contributed by atoms with E-state index >= 15 is 0 Å². The van der Waals surface area contributed by atoms with Gasteiger partial charge in [0.1, 0.15) is 12.1 Å². The number of nitrogens with zero attached hydrogens (tertiary/aromatic N) is 4. The molecular weight excluding hydrogens is 327 g/mol. The molecule has 0 aromatic carbocycles. The highest BCUT2D eigenvalue weighted by atomic mass is 79.9. The Labute approximate surface area is 114 Å². The van der Waals surface area contributed by atoms with Gasteiger partial charge >= 0.3 is 11.6 Å². The summed E-state index contributed by atoms with van der Waals surface area (Å²) in [6, 6.07) is 1.59. The van der Waals surface area contributed by atoms with Crippen molar-refractivity contribution in [2.24, 2.45) is 0 Å². The second kappa shape index (κ2) is 5.23. The van der Waals surface area contributed by atoms with Crippen LogP contribution in [0.3, 0.4) is 0 Å². The minimum atomic E-state index is -0.705. The van der Waals surface area contributed by atoms with Gasteiger partial charge in [-0.2, -0.15) is 4.98 Å². The van der Waals surface area contributed by atoms with Crippen LogP contribution >= 0.6 is 27.5 Å². The average molecular weight is 332 g/mol. The number of hydrogen-bond acceptors (Lipinski definition) is 6. The van der Waals surface area contributed by atoms with Crippen LogP contribution in [-0.4, -0.2) is 19.9 Å². The monoisotopic (exact) mass is 330 g/mol. The quantitative estimate of drug-likeness (QED) is 0.488. The van der Waals surface area contributed by atoms with Crippen LogP contribution in [0, 0.1) is 10.1 Å². The maximum Gasteiger partial charge on any atom is 0.368 e. The van der Waals surface area contributed by atoms with Crippen LogP contribution in [0.2, 0.25) is 5.15 Å². The molecule has 0 N–H and O–H groups in total. The van der Waals surface area contributed by atoms with Crippen molar-refractivity contribution in [2.75, 3.05) is 0 Å². The van der Waals surface area contributed by atoms with E-state index in [1.54, 1.807) is 12.3 Å². The van der Waals surface area contributed by atoms with Crippen LogP contribution in [-0.2, 0) is 0 Å². The van der Waals surface area contributed by atoms with Crippen LogP contribution in [0.15, 0.2) is 29.3 Å². The molecule has 2 aromatic heterocycles. The van der Waals surface area contributed by atoms with Crippen LogP contribution < -0.4 is 4.74 Å². The Balaban J connectivity index is 2.40. The first-order valence-corrected chi connectivity index (χ1v) is 5.68. The van der Waals surface area contributed by atoms with Crippen LogP contribution in [0.25, 0.3) is 0 Å². The molecule has 0 fully saturated rings. The first-order valence-electron chi connectivity index (χ1n) is 4.51. The van der Waals surface area contributed by atoms with Gasteiger partial charge in [-0.3, -0.25) is 15.1 Å². The summed E-state index contributed by atoms with van der Waals surface area (Å²) in [5.74, 6) is 0.0575. The minimum Gasteiger partial charge on any atom is -0.432 e. The van der Waals surface area contributed by atoms with Gasteiger partial charge in [0, 0.05) is 10.7 Å². The van der Waals surface area contributed by atoms with Crippen molar-refractivity contribution in [1.82, 2.24) is 15.0 Å². The number of nitro groups is 1. The highest BCUT2D eigenvalue weighted by Crippen LogP contribution is 2.33. The average Bonchev–Trinajstić information content (AvgIpc) is 2.28. The molecule has 0 bridgehead atoms. The van der Waals surface area contributed by atoms with Crippen molar-refractivity contribution in [3.05, 3.63) is 44.5 Å². The number of aromatic nitrogens is 3. The molecule has 2 heterocycles. The third kappa shape index (κ3) is 2.71. The Morgan fingerprint density at radius 1 is 1.39 bits per heavy atom. The predicted octanol–water partition coefficient (Wildman–Crippen LogP) is 2.99. The third-order valence-corrected chi connectivity index (χ3v) is 2.53. The molecule has 92 valence electrons. The van der Waals surface area contributed by atoms with E-state index in [0.29, 0.717) is 10.2 Å². The van der Waals surface area contributed by atoms with E-state index in [9.17, 15) is 10.1 Å². The summed E-state index contributed by atoms with van der Waals surface area (Å²) in [5.41, 5.74) is -0.487. The van der Waals surface area contributed by atoms with E-state index in [2.05, 4.69) is 30.9 Å². The summed E-state index contributed by atoms with van der Waals surface area (Å²) >= 11 is 8.83. The summed E-state index contributed by atoms with van der Waals surface area (Å²) in [6.45, 7) is 0. The van der Waals surface area contributed by atoms with E-state index in [-0.39, 0.29) is 11.0 Å². The third-order valence-electron chi connectivity index (χ3n) is 1.82. The van der Waals surface area contributed by atoms with E-state index < -0.39 is 10.6 Å². The molecule has 2 rings (SSSR count). The van der Waals surface area contributed by atoms with E-state index in [1.165, 1.54) is 6.20 Å². The van der Waals surface area contributed by atoms with Crippen molar-refractivity contribution in [3.63, 3.8) is 0 Å². The lowest BCUT2D eigenvalue weighted by Gasteiger charge is -2.04. The van der Waals surface area contributed by atoms with E-state index in [0.717, 1.165) is 6.33 Å². The van der Waals surface area contributed by atoms with Gasteiger partial charge < -0.3 is 4.74 Å². The van der Waals surface area contributed by atoms with Gasteiger partial charge in [-0.1, -0.05) is 11.6 Å². The molecule has 0 amide bonds. The molecule has 2 aromatic rings. The molecule has 9 heteroatoms. The fourth-order valence-electron chi connectivity index (χ4n) is 1.13. The fraction of sp³-hybridized carbons (Fsp3) is 0. The SMILES string of the molecule is O=[N+]([O-])c1c(Cl)ncnc1Oc1cncc(Br)c1. The summed E-state index contributed by atoms with van der Waals surface area (Å²) in [5, 5.41) is 10.6. The molecule has 0 saturated heterocycles. The molecule has 0 aliphatic heterocycles. The van der Waals surface area contributed by atoms with Gasteiger partial charge in [-0.25, -0.2) is 4.98 Å². The molecule has 7 nitrogen and oxygen atoms in total. The van der Waals surface area contributed by atoms with Gasteiger partial charge in [0.25, 0.3) is 0 Å². The van der Waals surface area contributed by atoms with Crippen LogP contribution in [0.4, 0.5) is 5.69 Å². The Morgan fingerprint density at radius 3 is 2.83 bits per heavy atom. The van der Waals surface area contributed by atoms with Crippen molar-refractivity contribution in [2.45, 2.75) is 0 Å². The van der Waals surface area contributed by atoms with Crippen molar-refractivity contribution >= 4 is 33.2 Å². The minimum absolute atomic E-state index is 0.236. The van der Waals surface area contributed by atoms with E-state index in [1.807, 2.05) is 0 Å². The molecular formula is C9H4BrClN4O3. The highest BCUT2D eigenvalue weighted by molar-refractivity contribution is 9.10. The smallest absolute Gasteiger partial charge is 0.368 e. The van der Waals surface area contributed by atoms with Crippen molar-refractivity contribution < 1.29 is 9.66 Å². The normalized spacial score (nSPS) is 10.1. The Kier molecular flexibility index (Phi) is 3.68. The summed E-state index contributed by atoms with van der Waals surface area (Å²) in [4.78, 5) is 21.2. The maximum absolute atomic E-state index is 10.8. The Bertz CT molecular complexity index is 610. The van der Waals surface area contributed by atoms with Gasteiger partial charge in [0.2, 0.25) is 5.15 Å². The lowest BCUT2D eigenvalue weighted by Crippen LogP contribution is -1.98. The molecule has 0 spiro atoms. The second-order valence-electron chi connectivity index (χ2n) is 3.02. The number of pyridine rings is 1. The van der Waals surface area contributed by atoms with E-state index in [4.69, 9.17) is 16.3 Å². The fourth-order valence-corrected chi connectivity index (χ4v) is 1.67. The maximum atomic E-state index is 10.8. The largest absolute Gasteiger partial charge is 0.432 e. The summed E-state index contributed by atoms with van der Waals surface area (Å²) in [6.07, 6.45) is 4.02. The first kappa shape index (κ1) is 12.7. The zero-order valence-corrected chi connectivity index (χ0v) is 10.9. The number of halogens is 2. The zero-order valence-electron chi connectivity index (χ0n) is 8.58. The molecule has 18 heavy (non-hydrogen) atoms. The van der Waals surface area contributed by atoms with Crippen molar-refractivity contribution in [1.29, 1.82) is 0 Å². The summed E-state index contributed by atoms with van der Waals surface area (Å²) in [7, 11) is 0. The zero-order chi connectivity index (χ0) is 13.1. The predicted molar refractivity (Wildman–Crippen MR) is 65.7 cm³/mol. The van der Waals surface area contributed by atoms with Gasteiger partial charge in [0.05, 0.1) is 11.1 Å². The van der Waals surface area contributed by atoms with Crippen LogP contribution in [0.5, 0.6) is 11.6 Å². The molecule has 0 aliphatic carbocycles. The lowest BCUT2D eigenvalue weighted by molar-refractivity contribution is -0.386. The van der Waals surface area contributed by atoms with Gasteiger partial charge in [0.15, 0.2) is 0 Å².